The summed E-state index contributed by atoms with van der Waals surface area (Å²) in [5.74, 6) is -4.14. The number of rotatable bonds is 2. The molecule has 0 saturated heterocycles. The third kappa shape index (κ3) is 2.80. The van der Waals surface area contributed by atoms with Crippen LogP contribution in [0.25, 0.3) is 22.4 Å². The number of hydrogen-bond donors (Lipinski definition) is 0. The molecule has 0 unspecified atom stereocenters. The van der Waals surface area contributed by atoms with Gasteiger partial charge in [-0.25, -0.2) is 22.5 Å². The van der Waals surface area contributed by atoms with Gasteiger partial charge in [-0.05, 0) is 30.3 Å². The molecule has 116 valence electrons. The number of halogens is 5. The van der Waals surface area contributed by atoms with Crippen molar-refractivity contribution >= 4 is 11.6 Å². The van der Waals surface area contributed by atoms with Crippen molar-refractivity contribution in [2.45, 2.75) is 0 Å². The number of benzene rings is 2. The van der Waals surface area contributed by atoms with E-state index in [1.54, 1.807) is 0 Å². The lowest BCUT2D eigenvalue weighted by Gasteiger charge is -2.09. The van der Waals surface area contributed by atoms with Gasteiger partial charge in [0, 0.05) is 16.7 Å². The Labute approximate surface area is 134 Å². The van der Waals surface area contributed by atoms with Gasteiger partial charge < -0.3 is 0 Å². The van der Waals surface area contributed by atoms with E-state index in [0.717, 1.165) is 12.1 Å². The van der Waals surface area contributed by atoms with Crippen molar-refractivity contribution in [1.82, 2.24) is 4.98 Å². The fourth-order valence-corrected chi connectivity index (χ4v) is 2.45. The van der Waals surface area contributed by atoms with Crippen LogP contribution in [0.1, 0.15) is 0 Å². The second-order valence-electron chi connectivity index (χ2n) is 4.74. The molecule has 0 radical (unpaired) electrons. The van der Waals surface area contributed by atoms with Crippen LogP contribution in [0.5, 0.6) is 0 Å². The third-order valence-corrected chi connectivity index (χ3v) is 3.61. The first kappa shape index (κ1) is 15.5. The fourth-order valence-electron chi connectivity index (χ4n) is 2.20. The van der Waals surface area contributed by atoms with Crippen LogP contribution >= 0.6 is 11.6 Å². The highest BCUT2D eigenvalue weighted by molar-refractivity contribution is 6.32. The molecular formula is C17H8ClF4N. The van der Waals surface area contributed by atoms with Gasteiger partial charge in [-0.1, -0.05) is 29.8 Å². The van der Waals surface area contributed by atoms with Crippen LogP contribution in [0.15, 0.2) is 48.5 Å². The minimum atomic E-state index is -1.05. The van der Waals surface area contributed by atoms with E-state index in [1.165, 1.54) is 36.4 Å². The molecule has 0 amide bonds. The molecule has 3 aromatic rings. The van der Waals surface area contributed by atoms with Crippen molar-refractivity contribution in [3.8, 4) is 22.4 Å². The van der Waals surface area contributed by atoms with E-state index in [0.29, 0.717) is 0 Å². The van der Waals surface area contributed by atoms with E-state index in [9.17, 15) is 17.6 Å². The molecule has 0 bridgehead atoms. The molecule has 6 heteroatoms. The van der Waals surface area contributed by atoms with Gasteiger partial charge in [0.25, 0.3) is 0 Å². The summed E-state index contributed by atoms with van der Waals surface area (Å²) in [5.41, 5.74) is 0.115. The van der Waals surface area contributed by atoms with E-state index in [2.05, 4.69) is 4.98 Å². The minimum Gasteiger partial charge on any atom is -0.235 e. The Morgan fingerprint density at radius 1 is 0.652 bits per heavy atom. The van der Waals surface area contributed by atoms with Crippen molar-refractivity contribution in [2.75, 3.05) is 0 Å². The van der Waals surface area contributed by atoms with Crippen LogP contribution in [0.2, 0.25) is 5.15 Å². The van der Waals surface area contributed by atoms with Gasteiger partial charge in [0.05, 0.1) is 5.69 Å². The average molecular weight is 338 g/mol. The maximum atomic E-state index is 13.8. The summed E-state index contributed by atoms with van der Waals surface area (Å²) in [7, 11) is 0. The minimum absolute atomic E-state index is 0.0613. The highest BCUT2D eigenvalue weighted by Crippen LogP contribution is 2.32. The normalized spacial score (nSPS) is 10.8. The highest BCUT2D eigenvalue weighted by atomic mass is 35.5. The predicted molar refractivity (Wildman–Crippen MR) is 80.0 cm³/mol. The first-order chi connectivity index (χ1) is 11.0. The molecular weight excluding hydrogens is 330 g/mol. The summed E-state index contributed by atoms with van der Waals surface area (Å²) in [6.45, 7) is 0. The molecule has 3 rings (SSSR count). The van der Waals surface area contributed by atoms with E-state index >= 15 is 0 Å². The van der Waals surface area contributed by atoms with E-state index in [-0.39, 0.29) is 27.5 Å². The zero-order chi connectivity index (χ0) is 16.6. The fraction of sp³-hybridized carbons (Fsp3) is 0. The van der Waals surface area contributed by atoms with Crippen LogP contribution in [0.3, 0.4) is 0 Å². The molecule has 0 fully saturated rings. The van der Waals surface area contributed by atoms with Gasteiger partial charge in [-0.3, -0.25) is 0 Å². The molecule has 1 heterocycles. The van der Waals surface area contributed by atoms with Crippen LogP contribution < -0.4 is 0 Å². The molecule has 0 N–H and O–H groups in total. The summed E-state index contributed by atoms with van der Waals surface area (Å²) < 4.78 is 54.2. The number of pyridine rings is 1. The van der Waals surface area contributed by atoms with Crippen molar-refractivity contribution < 1.29 is 17.6 Å². The zero-order valence-corrected chi connectivity index (χ0v) is 12.2. The smallest absolute Gasteiger partial charge is 0.168 e. The molecule has 0 aliphatic carbocycles. The topological polar surface area (TPSA) is 12.9 Å². The average Bonchev–Trinajstić information content (AvgIpc) is 2.53. The van der Waals surface area contributed by atoms with Crippen LogP contribution in [0.4, 0.5) is 17.6 Å². The number of hydrogen-bond acceptors (Lipinski definition) is 1. The van der Waals surface area contributed by atoms with Gasteiger partial charge in [0.2, 0.25) is 0 Å². The van der Waals surface area contributed by atoms with Crippen LogP contribution in [-0.4, -0.2) is 4.98 Å². The summed E-state index contributed by atoms with van der Waals surface area (Å²) in [4.78, 5) is 3.96. The largest absolute Gasteiger partial charge is 0.235 e. The summed E-state index contributed by atoms with van der Waals surface area (Å²) in [6.07, 6.45) is 0. The Kier molecular flexibility index (Phi) is 4.05. The monoisotopic (exact) mass is 337 g/mol. The van der Waals surface area contributed by atoms with Crippen molar-refractivity contribution in [3.05, 3.63) is 77.0 Å². The lowest BCUT2D eigenvalue weighted by molar-refractivity contribution is 0.510. The van der Waals surface area contributed by atoms with Crippen molar-refractivity contribution in [3.63, 3.8) is 0 Å². The van der Waals surface area contributed by atoms with Crippen molar-refractivity contribution in [2.24, 2.45) is 0 Å². The standard InChI is InChI=1S/C17H8ClF4N/c18-17-10(9-3-1-5-12(19)15(9)21)7-8-14(23-17)11-4-2-6-13(20)16(11)22/h1-8H. The van der Waals surface area contributed by atoms with E-state index < -0.39 is 23.3 Å². The first-order valence-electron chi connectivity index (χ1n) is 6.54. The third-order valence-electron chi connectivity index (χ3n) is 3.32. The molecule has 1 aromatic heterocycles. The van der Waals surface area contributed by atoms with E-state index in [1.807, 2.05) is 0 Å². The van der Waals surface area contributed by atoms with Crippen LogP contribution in [0, 0.1) is 23.3 Å². The SMILES string of the molecule is Fc1cccc(-c2ccc(-c3cccc(F)c3F)c(Cl)n2)c1F. The lowest BCUT2D eigenvalue weighted by atomic mass is 10.0. The Bertz CT molecular complexity index is 896. The Balaban J connectivity index is 2.12. The maximum Gasteiger partial charge on any atom is 0.168 e. The van der Waals surface area contributed by atoms with Gasteiger partial charge in [0.15, 0.2) is 23.3 Å². The lowest BCUT2D eigenvalue weighted by Crippen LogP contribution is -1.95. The van der Waals surface area contributed by atoms with Crippen molar-refractivity contribution in [1.29, 1.82) is 0 Å². The predicted octanol–water partition coefficient (Wildman–Crippen LogP) is 5.63. The Hall–Kier alpha value is -2.40. The summed E-state index contributed by atoms with van der Waals surface area (Å²) in [6, 6.07) is 10.1. The molecule has 0 aliphatic heterocycles. The first-order valence-corrected chi connectivity index (χ1v) is 6.92. The van der Waals surface area contributed by atoms with Gasteiger partial charge in [-0.15, -0.1) is 0 Å². The summed E-state index contributed by atoms with van der Waals surface area (Å²) >= 11 is 6.01. The van der Waals surface area contributed by atoms with Gasteiger partial charge in [0.1, 0.15) is 5.15 Å². The second-order valence-corrected chi connectivity index (χ2v) is 5.10. The molecule has 0 saturated carbocycles. The molecule has 1 nitrogen and oxygen atoms in total. The molecule has 0 spiro atoms. The quantitative estimate of drug-likeness (QED) is 0.436. The second kappa shape index (κ2) is 6.01. The Morgan fingerprint density at radius 3 is 1.83 bits per heavy atom. The molecule has 0 aliphatic rings. The Morgan fingerprint density at radius 2 is 1.22 bits per heavy atom. The summed E-state index contributed by atoms with van der Waals surface area (Å²) in [5, 5.41) is -0.143. The number of aromatic nitrogens is 1. The molecule has 23 heavy (non-hydrogen) atoms. The zero-order valence-electron chi connectivity index (χ0n) is 11.5. The number of nitrogens with zero attached hydrogens (tertiary/aromatic N) is 1. The van der Waals surface area contributed by atoms with E-state index in [4.69, 9.17) is 11.6 Å². The maximum absolute atomic E-state index is 13.8. The van der Waals surface area contributed by atoms with Crippen LogP contribution in [-0.2, 0) is 0 Å². The molecule has 0 atom stereocenters. The molecule has 2 aromatic carbocycles. The highest BCUT2D eigenvalue weighted by Gasteiger charge is 2.16. The van der Waals surface area contributed by atoms with Gasteiger partial charge in [-0.2, -0.15) is 0 Å². The van der Waals surface area contributed by atoms with Gasteiger partial charge >= 0.3 is 0 Å².